The van der Waals surface area contributed by atoms with Gasteiger partial charge in [-0.15, -0.1) is 10.2 Å². The first-order valence-electron chi connectivity index (χ1n) is 9.25. The second-order valence-electron chi connectivity index (χ2n) is 7.39. The van der Waals surface area contributed by atoms with Gasteiger partial charge in [-0.3, -0.25) is 4.40 Å². The van der Waals surface area contributed by atoms with Crippen molar-refractivity contribution >= 4 is 15.7 Å². The van der Waals surface area contributed by atoms with Crippen molar-refractivity contribution in [3.05, 3.63) is 59.0 Å². The highest BCUT2D eigenvalue weighted by molar-refractivity contribution is 7.89. The topological polar surface area (TPSA) is 67.6 Å². The molecule has 0 bridgehead atoms. The predicted molar refractivity (Wildman–Crippen MR) is 104 cm³/mol. The van der Waals surface area contributed by atoms with Crippen LogP contribution in [0.4, 0.5) is 0 Å². The minimum Gasteiger partial charge on any atom is -0.286 e. The van der Waals surface area contributed by atoms with Crippen LogP contribution in [0.25, 0.3) is 5.65 Å². The number of pyridine rings is 1. The van der Waals surface area contributed by atoms with E-state index in [-0.39, 0.29) is 5.92 Å². The molecule has 0 atom stereocenters. The Bertz CT molecular complexity index is 1070. The Labute approximate surface area is 159 Å². The number of hydrogen-bond donors (Lipinski definition) is 0. The van der Waals surface area contributed by atoms with Crippen LogP contribution in [0.2, 0.25) is 0 Å². The molecule has 2 aromatic heterocycles. The lowest BCUT2D eigenvalue weighted by Gasteiger charge is -2.31. The molecule has 1 aromatic carbocycles. The van der Waals surface area contributed by atoms with Gasteiger partial charge in [-0.1, -0.05) is 23.8 Å². The molecule has 0 amide bonds. The Kier molecular flexibility index (Phi) is 4.52. The number of fused-ring (bicyclic) bond motifs is 1. The van der Waals surface area contributed by atoms with Crippen molar-refractivity contribution in [2.45, 2.75) is 44.4 Å². The molecule has 0 spiro atoms. The van der Waals surface area contributed by atoms with Crippen LogP contribution in [0, 0.1) is 20.8 Å². The summed E-state index contributed by atoms with van der Waals surface area (Å²) in [6.07, 6.45) is 3.46. The molecule has 3 heterocycles. The maximum atomic E-state index is 13.2. The summed E-state index contributed by atoms with van der Waals surface area (Å²) in [5.41, 5.74) is 3.55. The third kappa shape index (κ3) is 3.15. The van der Waals surface area contributed by atoms with Crippen LogP contribution in [0.5, 0.6) is 0 Å². The van der Waals surface area contributed by atoms with Gasteiger partial charge in [-0.2, -0.15) is 4.31 Å². The van der Waals surface area contributed by atoms with Gasteiger partial charge in [-0.25, -0.2) is 8.42 Å². The molecule has 0 N–H and O–H groups in total. The number of aryl methyl sites for hydroxylation is 3. The second kappa shape index (κ2) is 6.73. The minimum absolute atomic E-state index is 0.217. The van der Waals surface area contributed by atoms with Crippen molar-refractivity contribution in [1.82, 2.24) is 18.9 Å². The summed E-state index contributed by atoms with van der Waals surface area (Å²) in [6.45, 7) is 6.75. The van der Waals surface area contributed by atoms with Crippen molar-refractivity contribution in [2.24, 2.45) is 0 Å². The molecule has 0 saturated carbocycles. The van der Waals surface area contributed by atoms with Gasteiger partial charge in [0.15, 0.2) is 5.65 Å². The number of benzene rings is 1. The SMILES string of the molecule is Cc1cc(C)c(S(=O)(=O)N2CCC(c3nnc4ccccn34)CC2)c(C)c1. The summed E-state index contributed by atoms with van der Waals surface area (Å²) in [7, 11) is -3.48. The van der Waals surface area contributed by atoms with E-state index in [1.54, 1.807) is 4.31 Å². The third-order valence-corrected chi connectivity index (χ3v) is 7.57. The summed E-state index contributed by atoms with van der Waals surface area (Å²) in [5.74, 6) is 1.14. The average molecular weight is 385 g/mol. The first-order valence-corrected chi connectivity index (χ1v) is 10.7. The summed E-state index contributed by atoms with van der Waals surface area (Å²) >= 11 is 0. The Morgan fingerprint density at radius 3 is 2.33 bits per heavy atom. The van der Waals surface area contributed by atoms with E-state index < -0.39 is 10.0 Å². The van der Waals surface area contributed by atoms with Crippen molar-refractivity contribution in [2.75, 3.05) is 13.1 Å². The lowest BCUT2D eigenvalue weighted by molar-refractivity contribution is 0.312. The average Bonchev–Trinajstić information content (AvgIpc) is 3.05. The molecule has 7 heteroatoms. The minimum atomic E-state index is -3.48. The number of sulfonamides is 1. The van der Waals surface area contributed by atoms with Gasteiger partial charge >= 0.3 is 0 Å². The molecule has 0 unspecified atom stereocenters. The van der Waals surface area contributed by atoms with Crippen LogP contribution in [0.3, 0.4) is 0 Å². The Hall–Kier alpha value is -2.25. The second-order valence-corrected chi connectivity index (χ2v) is 9.27. The zero-order valence-electron chi connectivity index (χ0n) is 15.9. The number of aromatic nitrogens is 3. The Morgan fingerprint density at radius 2 is 1.67 bits per heavy atom. The van der Waals surface area contributed by atoms with Gasteiger partial charge in [0, 0.05) is 25.2 Å². The smallest absolute Gasteiger partial charge is 0.243 e. The van der Waals surface area contributed by atoms with Crippen molar-refractivity contribution in [1.29, 1.82) is 0 Å². The van der Waals surface area contributed by atoms with E-state index in [9.17, 15) is 8.42 Å². The van der Waals surface area contributed by atoms with Crippen LogP contribution in [0.1, 0.15) is 41.3 Å². The van der Waals surface area contributed by atoms with Crippen LogP contribution < -0.4 is 0 Å². The lowest BCUT2D eigenvalue weighted by atomic mass is 9.97. The fourth-order valence-corrected chi connectivity index (χ4v) is 6.08. The van der Waals surface area contributed by atoms with Crippen LogP contribution >= 0.6 is 0 Å². The monoisotopic (exact) mass is 384 g/mol. The maximum Gasteiger partial charge on any atom is 0.243 e. The van der Waals surface area contributed by atoms with Crippen LogP contribution in [-0.2, 0) is 10.0 Å². The van der Waals surface area contributed by atoms with Crippen molar-refractivity contribution in [3.8, 4) is 0 Å². The number of nitrogens with zero attached hydrogens (tertiary/aromatic N) is 4. The highest BCUT2D eigenvalue weighted by atomic mass is 32.2. The molecule has 6 nitrogen and oxygen atoms in total. The van der Waals surface area contributed by atoms with Gasteiger partial charge < -0.3 is 0 Å². The normalized spacial score (nSPS) is 16.9. The highest BCUT2D eigenvalue weighted by Gasteiger charge is 2.33. The van der Waals surface area contributed by atoms with Gasteiger partial charge in [0.2, 0.25) is 10.0 Å². The zero-order valence-corrected chi connectivity index (χ0v) is 16.7. The number of piperidine rings is 1. The molecular formula is C20H24N4O2S. The molecule has 1 aliphatic heterocycles. The van der Waals surface area contributed by atoms with Crippen LogP contribution in [-0.4, -0.2) is 40.4 Å². The standard InChI is InChI=1S/C20H24N4O2S/c1-14-12-15(2)19(16(3)13-14)27(25,26)23-10-7-17(8-11-23)20-22-21-18-6-4-5-9-24(18)20/h4-6,9,12-13,17H,7-8,10-11H2,1-3H3. The molecule has 1 saturated heterocycles. The fourth-order valence-electron chi connectivity index (χ4n) is 4.20. The van der Waals surface area contributed by atoms with E-state index in [1.165, 1.54) is 0 Å². The molecule has 27 heavy (non-hydrogen) atoms. The Morgan fingerprint density at radius 1 is 1.00 bits per heavy atom. The lowest BCUT2D eigenvalue weighted by Crippen LogP contribution is -2.38. The van der Waals surface area contributed by atoms with Crippen molar-refractivity contribution in [3.63, 3.8) is 0 Å². The Balaban J connectivity index is 1.57. The van der Waals surface area contributed by atoms with Gasteiger partial charge in [0.25, 0.3) is 0 Å². The zero-order chi connectivity index (χ0) is 19.2. The molecule has 0 aliphatic carbocycles. The maximum absolute atomic E-state index is 13.2. The molecule has 0 radical (unpaired) electrons. The summed E-state index contributed by atoms with van der Waals surface area (Å²) in [4.78, 5) is 0.458. The van der Waals surface area contributed by atoms with E-state index in [1.807, 2.05) is 61.7 Å². The van der Waals surface area contributed by atoms with Gasteiger partial charge in [0.1, 0.15) is 5.82 Å². The first kappa shape index (κ1) is 18.1. The molecule has 4 rings (SSSR count). The van der Waals surface area contributed by atoms with E-state index in [0.29, 0.717) is 18.0 Å². The van der Waals surface area contributed by atoms with E-state index in [2.05, 4.69) is 10.2 Å². The summed E-state index contributed by atoms with van der Waals surface area (Å²) < 4.78 is 30.1. The largest absolute Gasteiger partial charge is 0.286 e. The molecular weight excluding hydrogens is 360 g/mol. The number of rotatable bonds is 3. The van der Waals surface area contributed by atoms with E-state index >= 15 is 0 Å². The van der Waals surface area contributed by atoms with Gasteiger partial charge in [0.05, 0.1) is 4.90 Å². The van der Waals surface area contributed by atoms with E-state index in [4.69, 9.17) is 0 Å². The quantitative estimate of drug-likeness (QED) is 0.695. The molecule has 1 aliphatic rings. The summed E-state index contributed by atoms with van der Waals surface area (Å²) in [6, 6.07) is 9.71. The fraction of sp³-hybridized carbons (Fsp3) is 0.400. The van der Waals surface area contributed by atoms with E-state index in [0.717, 1.165) is 41.0 Å². The third-order valence-electron chi connectivity index (χ3n) is 5.36. The van der Waals surface area contributed by atoms with Crippen molar-refractivity contribution < 1.29 is 8.42 Å². The number of hydrogen-bond acceptors (Lipinski definition) is 4. The molecule has 3 aromatic rings. The summed E-state index contributed by atoms with van der Waals surface area (Å²) in [5, 5.41) is 8.57. The molecule has 1 fully saturated rings. The molecule has 142 valence electrons. The predicted octanol–water partition coefficient (Wildman–Crippen LogP) is 3.22. The van der Waals surface area contributed by atoms with Gasteiger partial charge in [-0.05, 0) is 56.9 Å². The van der Waals surface area contributed by atoms with Crippen LogP contribution in [0.15, 0.2) is 41.4 Å². The first-order chi connectivity index (χ1) is 12.9. The highest BCUT2D eigenvalue weighted by Crippen LogP contribution is 2.32.